The van der Waals surface area contributed by atoms with E-state index in [-0.39, 0.29) is 23.7 Å². The van der Waals surface area contributed by atoms with Crippen molar-refractivity contribution < 1.29 is 26.7 Å². The van der Waals surface area contributed by atoms with Crippen LogP contribution in [0.1, 0.15) is 6.92 Å². The number of carbonyl (C=O) groups is 1. The van der Waals surface area contributed by atoms with Gasteiger partial charge < -0.3 is 10.1 Å². The highest BCUT2D eigenvalue weighted by Gasteiger charge is 2.32. The molecule has 0 unspecified atom stereocenters. The van der Waals surface area contributed by atoms with Crippen LogP contribution >= 0.6 is 0 Å². The number of carbonyl (C=O) groups excluding carboxylic acids is 1. The van der Waals surface area contributed by atoms with Crippen LogP contribution in [0.5, 0.6) is 5.75 Å². The summed E-state index contributed by atoms with van der Waals surface area (Å²) in [6.07, 6.45) is 0. The molecule has 30 heavy (non-hydrogen) atoms. The van der Waals surface area contributed by atoms with E-state index in [1.165, 1.54) is 23.5 Å². The van der Waals surface area contributed by atoms with E-state index < -0.39 is 33.6 Å². The summed E-state index contributed by atoms with van der Waals surface area (Å²) < 4.78 is 59.1. The first-order chi connectivity index (χ1) is 14.2. The molecule has 0 aliphatic carbocycles. The van der Waals surface area contributed by atoms with E-state index in [0.717, 1.165) is 18.2 Å². The van der Waals surface area contributed by atoms with Gasteiger partial charge in [-0.05, 0) is 43.3 Å². The highest BCUT2D eigenvalue weighted by molar-refractivity contribution is 7.89. The number of methoxy groups -OCH3 is 1. The SMILES string of the molecule is COc1ccc(S(=O)(=O)N2CCN([C@@H](C)C(=O)Nc3cc(F)ccc3F)CC2)cc1. The van der Waals surface area contributed by atoms with E-state index in [0.29, 0.717) is 18.8 Å². The Hall–Kier alpha value is -2.56. The Bertz CT molecular complexity index is 1010. The predicted molar refractivity (Wildman–Crippen MR) is 108 cm³/mol. The lowest BCUT2D eigenvalue weighted by Crippen LogP contribution is -2.53. The number of benzene rings is 2. The zero-order valence-electron chi connectivity index (χ0n) is 16.6. The minimum absolute atomic E-state index is 0.170. The van der Waals surface area contributed by atoms with Gasteiger partial charge in [0.15, 0.2) is 0 Å². The Labute approximate surface area is 174 Å². The summed E-state index contributed by atoms with van der Waals surface area (Å²) in [6, 6.07) is 8.34. The predicted octanol–water partition coefficient (Wildman–Crippen LogP) is 2.31. The highest BCUT2D eigenvalue weighted by Crippen LogP contribution is 2.22. The molecule has 1 atom stereocenters. The van der Waals surface area contributed by atoms with E-state index in [2.05, 4.69) is 5.32 Å². The fourth-order valence-corrected chi connectivity index (χ4v) is 4.65. The van der Waals surface area contributed by atoms with Crippen molar-refractivity contribution in [3.05, 3.63) is 54.1 Å². The second-order valence-electron chi connectivity index (χ2n) is 6.90. The molecule has 0 radical (unpaired) electrons. The molecule has 0 aromatic heterocycles. The number of hydrogen-bond acceptors (Lipinski definition) is 5. The molecule has 7 nitrogen and oxygen atoms in total. The molecule has 1 fully saturated rings. The van der Waals surface area contributed by atoms with Gasteiger partial charge in [-0.1, -0.05) is 0 Å². The Morgan fingerprint density at radius 1 is 1.07 bits per heavy atom. The number of piperazine rings is 1. The molecule has 2 aromatic rings. The normalized spacial score (nSPS) is 16.8. The molecule has 162 valence electrons. The first-order valence-corrected chi connectivity index (χ1v) is 10.8. The van der Waals surface area contributed by atoms with Crippen LogP contribution in [0.4, 0.5) is 14.5 Å². The second-order valence-corrected chi connectivity index (χ2v) is 8.84. The lowest BCUT2D eigenvalue weighted by atomic mass is 10.2. The number of nitrogens with zero attached hydrogens (tertiary/aromatic N) is 2. The summed E-state index contributed by atoms with van der Waals surface area (Å²) in [4.78, 5) is 14.4. The van der Waals surface area contributed by atoms with Crippen molar-refractivity contribution in [1.82, 2.24) is 9.21 Å². The fourth-order valence-electron chi connectivity index (χ4n) is 3.22. The Kier molecular flexibility index (Phi) is 6.69. The summed E-state index contributed by atoms with van der Waals surface area (Å²) in [5.74, 6) is -1.32. The van der Waals surface area contributed by atoms with Gasteiger partial charge in [-0.3, -0.25) is 9.69 Å². The van der Waals surface area contributed by atoms with Crippen molar-refractivity contribution >= 4 is 21.6 Å². The molecular formula is C20H23F2N3O4S. The van der Waals surface area contributed by atoms with Crippen LogP contribution in [0.3, 0.4) is 0 Å². The minimum Gasteiger partial charge on any atom is -0.497 e. The molecular weight excluding hydrogens is 416 g/mol. The summed E-state index contributed by atoms with van der Waals surface area (Å²) in [5, 5.41) is 2.39. The zero-order valence-corrected chi connectivity index (χ0v) is 17.5. The standard InChI is InChI=1S/C20H23F2N3O4S/c1-14(20(26)23-19-13-15(21)3-8-18(19)22)24-9-11-25(12-10-24)30(27,28)17-6-4-16(29-2)5-7-17/h3-8,13-14H,9-12H2,1-2H3,(H,23,26)/t14-/m0/s1. The summed E-state index contributed by atoms with van der Waals surface area (Å²) in [6.45, 7) is 2.71. The zero-order chi connectivity index (χ0) is 21.9. The largest absolute Gasteiger partial charge is 0.497 e. The molecule has 0 spiro atoms. The first-order valence-electron chi connectivity index (χ1n) is 9.36. The molecule has 1 heterocycles. The van der Waals surface area contributed by atoms with Crippen LogP contribution in [0.15, 0.2) is 47.4 Å². The van der Waals surface area contributed by atoms with E-state index in [9.17, 15) is 22.0 Å². The topological polar surface area (TPSA) is 79.0 Å². The molecule has 10 heteroatoms. The van der Waals surface area contributed by atoms with Crippen LogP contribution in [-0.2, 0) is 14.8 Å². The van der Waals surface area contributed by atoms with Crippen LogP contribution in [0, 0.1) is 11.6 Å². The Balaban J connectivity index is 1.61. The lowest BCUT2D eigenvalue weighted by Gasteiger charge is -2.36. The van der Waals surface area contributed by atoms with E-state index in [4.69, 9.17) is 4.74 Å². The van der Waals surface area contributed by atoms with Gasteiger partial charge in [0.05, 0.1) is 23.7 Å². The number of anilines is 1. The van der Waals surface area contributed by atoms with Crippen molar-refractivity contribution in [2.45, 2.75) is 17.9 Å². The molecule has 2 aromatic carbocycles. The molecule has 0 bridgehead atoms. The summed E-state index contributed by atoms with van der Waals surface area (Å²) >= 11 is 0. The third-order valence-corrected chi connectivity index (χ3v) is 7.00. The average molecular weight is 439 g/mol. The van der Waals surface area contributed by atoms with E-state index >= 15 is 0 Å². The van der Waals surface area contributed by atoms with Crippen molar-refractivity contribution in [2.75, 3.05) is 38.6 Å². The highest BCUT2D eigenvalue weighted by atomic mass is 32.2. The Morgan fingerprint density at radius 2 is 1.70 bits per heavy atom. The van der Waals surface area contributed by atoms with Crippen LogP contribution in [-0.4, -0.2) is 62.9 Å². The summed E-state index contributed by atoms with van der Waals surface area (Å²) in [7, 11) is -2.15. The number of sulfonamides is 1. The molecule has 1 aliphatic rings. The van der Waals surface area contributed by atoms with Crippen molar-refractivity contribution in [1.29, 1.82) is 0 Å². The monoisotopic (exact) mass is 439 g/mol. The van der Waals surface area contributed by atoms with E-state index in [1.54, 1.807) is 24.0 Å². The van der Waals surface area contributed by atoms with Gasteiger partial charge in [0.1, 0.15) is 17.4 Å². The number of amides is 1. The molecule has 1 saturated heterocycles. The van der Waals surface area contributed by atoms with Crippen LogP contribution in [0.2, 0.25) is 0 Å². The maximum Gasteiger partial charge on any atom is 0.243 e. The summed E-state index contributed by atoms with van der Waals surface area (Å²) in [5.41, 5.74) is -0.229. The minimum atomic E-state index is -3.66. The van der Waals surface area contributed by atoms with Gasteiger partial charge in [-0.15, -0.1) is 0 Å². The molecule has 1 N–H and O–H groups in total. The number of rotatable bonds is 6. The number of nitrogens with one attached hydrogen (secondary N) is 1. The molecule has 3 rings (SSSR count). The van der Waals surface area contributed by atoms with E-state index in [1.807, 2.05) is 0 Å². The maximum absolute atomic E-state index is 13.8. The second kappa shape index (κ2) is 9.07. The Morgan fingerprint density at radius 3 is 2.30 bits per heavy atom. The average Bonchev–Trinajstić information content (AvgIpc) is 2.75. The third-order valence-electron chi connectivity index (χ3n) is 5.08. The van der Waals surface area contributed by atoms with Crippen molar-refractivity contribution in [3.63, 3.8) is 0 Å². The molecule has 0 saturated carbocycles. The fraction of sp³-hybridized carbons (Fsp3) is 0.350. The molecule has 1 amide bonds. The smallest absolute Gasteiger partial charge is 0.243 e. The van der Waals surface area contributed by atoms with Gasteiger partial charge >= 0.3 is 0 Å². The lowest BCUT2D eigenvalue weighted by molar-refractivity contribution is -0.121. The van der Waals surface area contributed by atoms with Gasteiger partial charge in [0.2, 0.25) is 15.9 Å². The third kappa shape index (κ3) is 4.77. The number of halogens is 2. The van der Waals surface area contributed by atoms with Gasteiger partial charge in [-0.2, -0.15) is 4.31 Å². The van der Waals surface area contributed by atoms with Gasteiger partial charge in [-0.25, -0.2) is 17.2 Å². The van der Waals surface area contributed by atoms with Gasteiger partial charge in [0, 0.05) is 32.2 Å². The van der Waals surface area contributed by atoms with Crippen LogP contribution in [0.25, 0.3) is 0 Å². The molecule has 1 aliphatic heterocycles. The van der Waals surface area contributed by atoms with Gasteiger partial charge in [0.25, 0.3) is 0 Å². The quantitative estimate of drug-likeness (QED) is 0.747. The number of ether oxygens (including phenoxy) is 1. The van der Waals surface area contributed by atoms with Crippen molar-refractivity contribution in [2.24, 2.45) is 0 Å². The first kappa shape index (κ1) is 22.1. The maximum atomic E-state index is 13.8. The van der Waals surface area contributed by atoms with Crippen LogP contribution < -0.4 is 10.1 Å². The van der Waals surface area contributed by atoms with Crippen molar-refractivity contribution in [3.8, 4) is 5.75 Å². The number of hydrogen-bond donors (Lipinski definition) is 1.